The van der Waals surface area contributed by atoms with Crippen molar-refractivity contribution in [3.63, 3.8) is 0 Å². The number of methoxy groups -OCH3 is 1. The third kappa shape index (κ3) is 7.78. The number of aliphatic imine (C=N–C) groups is 1. The average Bonchev–Trinajstić information content (AvgIpc) is 3.04. The molecule has 6 nitrogen and oxygen atoms in total. The molecule has 3 N–H and O–H groups in total. The number of aromatic nitrogens is 2. The van der Waals surface area contributed by atoms with Gasteiger partial charge in [0.05, 0.1) is 13.3 Å². The zero-order valence-corrected chi connectivity index (χ0v) is 19.1. The van der Waals surface area contributed by atoms with Crippen LogP contribution in [0.5, 0.6) is 5.75 Å². The number of guanidine groups is 1. The number of halogens is 1. The predicted molar refractivity (Wildman–Crippen MR) is 122 cm³/mol. The van der Waals surface area contributed by atoms with Gasteiger partial charge in [-0.1, -0.05) is 17.7 Å². The van der Waals surface area contributed by atoms with Gasteiger partial charge in [-0.05, 0) is 57.2 Å². The minimum absolute atomic E-state index is 0. The Morgan fingerprint density at radius 1 is 1.19 bits per heavy atom. The molecular formula is C20H32IN5O. The van der Waals surface area contributed by atoms with Gasteiger partial charge in [0.15, 0.2) is 5.96 Å². The molecule has 7 heteroatoms. The minimum Gasteiger partial charge on any atom is -0.496 e. The predicted octanol–water partition coefficient (Wildman–Crippen LogP) is 3.38. The van der Waals surface area contributed by atoms with Crippen LogP contribution < -0.4 is 15.4 Å². The number of ether oxygens (including phenoxy) is 1. The summed E-state index contributed by atoms with van der Waals surface area (Å²) in [5.41, 5.74) is 4.87. The second-order valence-corrected chi connectivity index (χ2v) is 6.38. The first-order chi connectivity index (χ1) is 12.6. The van der Waals surface area contributed by atoms with E-state index in [1.54, 1.807) is 7.11 Å². The summed E-state index contributed by atoms with van der Waals surface area (Å²) in [4.78, 5) is 4.67. The maximum Gasteiger partial charge on any atom is 0.191 e. The molecule has 0 aliphatic rings. The Kier molecular flexibility index (Phi) is 10.8. The fraction of sp³-hybridized carbons (Fsp3) is 0.500. The standard InChI is InChI=1S/C20H31N5O.HI/c1-5-21-20(22-11-6-7-18-14-24-25-16(18)3)23-12-10-17-13-15(2)8-9-19(17)26-4;/h8-9,13-14H,5-7,10-12H2,1-4H3,(H,24,25)(H2,21,22,23);1H. The van der Waals surface area contributed by atoms with Crippen molar-refractivity contribution < 1.29 is 4.74 Å². The quantitative estimate of drug-likeness (QED) is 0.220. The highest BCUT2D eigenvalue weighted by Crippen LogP contribution is 2.19. The maximum absolute atomic E-state index is 5.45. The number of benzene rings is 1. The first kappa shape index (κ1) is 23.3. The molecule has 0 atom stereocenters. The first-order valence-corrected chi connectivity index (χ1v) is 9.28. The van der Waals surface area contributed by atoms with Gasteiger partial charge >= 0.3 is 0 Å². The minimum atomic E-state index is 0. The molecule has 0 fully saturated rings. The number of nitrogens with one attached hydrogen (secondary N) is 3. The molecule has 0 radical (unpaired) electrons. The molecule has 0 aliphatic carbocycles. The number of hydrogen-bond donors (Lipinski definition) is 3. The summed E-state index contributed by atoms with van der Waals surface area (Å²) in [5.74, 6) is 1.80. The van der Waals surface area contributed by atoms with Crippen molar-refractivity contribution in [2.45, 2.75) is 40.0 Å². The number of rotatable bonds is 9. The fourth-order valence-corrected chi connectivity index (χ4v) is 2.85. The molecule has 0 saturated heterocycles. The van der Waals surface area contributed by atoms with Gasteiger partial charge in [0, 0.05) is 25.3 Å². The van der Waals surface area contributed by atoms with Crippen LogP contribution in [-0.4, -0.2) is 42.9 Å². The molecule has 0 spiro atoms. The van der Waals surface area contributed by atoms with Gasteiger partial charge in [-0.25, -0.2) is 0 Å². The molecule has 1 aromatic heterocycles. The van der Waals surface area contributed by atoms with Crippen molar-refractivity contribution in [3.05, 3.63) is 46.8 Å². The molecule has 0 aliphatic heterocycles. The molecule has 0 amide bonds. The van der Waals surface area contributed by atoms with E-state index in [2.05, 4.69) is 58.7 Å². The van der Waals surface area contributed by atoms with Crippen LogP contribution in [0.4, 0.5) is 0 Å². The van der Waals surface area contributed by atoms with Crippen LogP contribution in [0.2, 0.25) is 0 Å². The molecule has 2 rings (SSSR count). The molecule has 2 aromatic rings. The molecule has 1 heterocycles. The third-order valence-corrected chi connectivity index (χ3v) is 4.28. The smallest absolute Gasteiger partial charge is 0.191 e. The van der Waals surface area contributed by atoms with Crippen molar-refractivity contribution in [1.82, 2.24) is 20.8 Å². The van der Waals surface area contributed by atoms with Gasteiger partial charge in [0.25, 0.3) is 0 Å². The number of hydrogen-bond acceptors (Lipinski definition) is 3. The summed E-state index contributed by atoms with van der Waals surface area (Å²) >= 11 is 0. The molecule has 0 bridgehead atoms. The van der Waals surface area contributed by atoms with E-state index in [1.807, 2.05) is 12.3 Å². The zero-order valence-electron chi connectivity index (χ0n) is 16.8. The van der Waals surface area contributed by atoms with Crippen molar-refractivity contribution in [2.24, 2.45) is 4.99 Å². The van der Waals surface area contributed by atoms with E-state index in [0.29, 0.717) is 0 Å². The highest BCUT2D eigenvalue weighted by Gasteiger charge is 2.04. The monoisotopic (exact) mass is 485 g/mol. The summed E-state index contributed by atoms with van der Waals surface area (Å²) in [7, 11) is 1.72. The van der Waals surface area contributed by atoms with Crippen molar-refractivity contribution in [2.75, 3.05) is 26.7 Å². The Morgan fingerprint density at radius 2 is 2.00 bits per heavy atom. The molecule has 1 aromatic carbocycles. The molecule has 0 unspecified atom stereocenters. The van der Waals surface area contributed by atoms with Crippen LogP contribution in [-0.2, 0) is 12.8 Å². The third-order valence-electron chi connectivity index (χ3n) is 4.28. The summed E-state index contributed by atoms with van der Waals surface area (Å²) in [6, 6.07) is 6.28. The zero-order chi connectivity index (χ0) is 18.8. The average molecular weight is 485 g/mol. The van der Waals surface area contributed by atoms with Gasteiger partial charge in [0.1, 0.15) is 5.75 Å². The maximum atomic E-state index is 5.45. The van der Waals surface area contributed by atoms with E-state index in [-0.39, 0.29) is 24.0 Å². The van der Waals surface area contributed by atoms with E-state index in [0.717, 1.165) is 56.3 Å². The van der Waals surface area contributed by atoms with E-state index in [4.69, 9.17) is 4.74 Å². The van der Waals surface area contributed by atoms with Crippen LogP contribution in [0.3, 0.4) is 0 Å². The summed E-state index contributed by atoms with van der Waals surface area (Å²) in [6.45, 7) is 8.68. The van der Waals surface area contributed by atoms with Gasteiger partial charge in [-0.3, -0.25) is 10.1 Å². The Bertz CT molecular complexity index is 714. The van der Waals surface area contributed by atoms with Crippen LogP contribution in [0, 0.1) is 13.8 Å². The van der Waals surface area contributed by atoms with E-state index in [1.165, 1.54) is 16.7 Å². The highest BCUT2D eigenvalue weighted by atomic mass is 127. The largest absolute Gasteiger partial charge is 0.496 e. The lowest BCUT2D eigenvalue weighted by molar-refractivity contribution is 0.409. The second kappa shape index (κ2) is 12.6. The van der Waals surface area contributed by atoms with Gasteiger partial charge in [0.2, 0.25) is 0 Å². The normalized spacial score (nSPS) is 11.0. The van der Waals surface area contributed by atoms with Crippen LogP contribution in [0.15, 0.2) is 29.4 Å². The molecule has 27 heavy (non-hydrogen) atoms. The van der Waals surface area contributed by atoms with Crippen molar-refractivity contribution in [3.8, 4) is 5.75 Å². The molecule has 0 saturated carbocycles. The van der Waals surface area contributed by atoms with E-state index in [9.17, 15) is 0 Å². The fourth-order valence-electron chi connectivity index (χ4n) is 2.85. The Balaban J connectivity index is 0.00000364. The summed E-state index contributed by atoms with van der Waals surface area (Å²) < 4.78 is 5.45. The van der Waals surface area contributed by atoms with Crippen LogP contribution in [0.25, 0.3) is 0 Å². The number of H-pyrrole nitrogens is 1. The van der Waals surface area contributed by atoms with Crippen LogP contribution >= 0.6 is 24.0 Å². The van der Waals surface area contributed by atoms with Gasteiger partial charge < -0.3 is 15.4 Å². The topological polar surface area (TPSA) is 74.3 Å². The second-order valence-electron chi connectivity index (χ2n) is 6.38. The van der Waals surface area contributed by atoms with Gasteiger partial charge in [-0.15, -0.1) is 24.0 Å². The summed E-state index contributed by atoms with van der Waals surface area (Å²) in [5, 5.41) is 13.7. The molecular weight excluding hydrogens is 453 g/mol. The lowest BCUT2D eigenvalue weighted by atomic mass is 10.1. The van der Waals surface area contributed by atoms with Crippen molar-refractivity contribution >= 4 is 29.9 Å². The lowest BCUT2D eigenvalue weighted by Gasteiger charge is -2.13. The highest BCUT2D eigenvalue weighted by molar-refractivity contribution is 14.0. The first-order valence-electron chi connectivity index (χ1n) is 9.28. The van der Waals surface area contributed by atoms with E-state index < -0.39 is 0 Å². The number of aryl methyl sites for hydroxylation is 3. The van der Waals surface area contributed by atoms with E-state index >= 15 is 0 Å². The van der Waals surface area contributed by atoms with Gasteiger partial charge in [-0.2, -0.15) is 5.10 Å². The van der Waals surface area contributed by atoms with Crippen LogP contribution in [0.1, 0.15) is 35.7 Å². The Morgan fingerprint density at radius 3 is 2.67 bits per heavy atom. The number of aromatic amines is 1. The molecule has 150 valence electrons. The van der Waals surface area contributed by atoms with Crippen molar-refractivity contribution in [1.29, 1.82) is 0 Å². The lowest BCUT2D eigenvalue weighted by Crippen LogP contribution is -2.38. The Hall–Kier alpha value is -1.77. The summed E-state index contributed by atoms with van der Waals surface area (Å²) in [6.07, 6.45) is 4.79. The Labute approximate surface area is 179 Å². The SMILES string of the molecule is CCNC(=NCCCc1cn[nH]c1C)NCCc1cc(C)ccc1OC.I. The number of nitrogens with zero attached hydrogens (tertiary/aromatic N) is 2.